The summed E-state index contributed by atoms with van der Waals surface area (Å²) in [5.41, 5.74) is 2.56. The van der Waals surface area contributed by atoms with Gasteiger partial charge in [0.1, 0.15) is 0 Å². The summed E-state index contributed by atoms with van der Waals surface area (Å²) in [6.07, 6.45) is 0. The van der Waals surface area contributed by atoms with Gasteiger partial charge in [0.2, 0.25) is 6.79 Å². The lowest BCUT2D eigenvalue weighted by Crippen LogP contribution is -2.23. The van der Waals surface area contributed by atoms with Gasteiger partial charge in [-0.25, -0.2) is 0 Å². The van der Waals surface area contributed by atoms with Gasteiger partial charge in [0.05, 0.1) is 0 Å². The molecule has 0 amide bonds. The van der Waals surface area contributed by atoms with Gasteiger partial charge < -0.3 is 14.4 Å². The number of hydrogen-bond donors (Lipinski definition) is 0. The molecule has 0 spiro atoms. The number of hydrogen-bond acceptors (Lipinski definition) is 3. The Hall–Kier alpha value is -2.00. The van der Waals surface area contributed by atoms with Gasteiger partial charge in [0.15, 0.2) is 11.5 Å². The fraction of sp³-hybridized carbons (Fsp3) is 0.333. The van der Waals surface area contributed by atoms with Gasteiger partial charge >= 0.3 is 0 Å². The summed E-state index contributed by atoms with van der Waals surface area (Å²) in [4.78, 5) is 2.34. The van der Waals surface area contributed by atoms with Crippen molar-refractivity contribution in [1.29, 1.82) is 0 Å². The topological polar surface area (TPSA) is 21.7 Å². The number of fused-ring (bicyclic) bond motifs is 1. The lowest BCUT2D eigenvalue weighted by molar-refractivity contribution is 0.172. The highest BCUT2D eigenvalue weighted by Crippen LogP contribution is 2.39. The summed E-state index contributed by atoms with van der Waals surface area (Å²) in [7, 11) is 2.16. The van der Waals surface area contributed by atoms with Crippen LogP contribution in [0.1, 0.15) is 24.0 Å². The van der Waals surface area contributed by atoms with Crippen LogP contribution in [0.15, 0.2) is 48.5 Å². The van der Waals surface area contributed by atoms with Crippen LogP contribution in [0.4, 0.5) is 0 Å². The van der Waals surface area contributed by atoms with Crippen molar-refractivity contribution in [2.24, 2.45) is 0 Å². The fourth-order valence-corrected chi connectivity index (χ4v) is 2.87. The summed E-state index contributed by atoms with van der Waals surface area (Å²) < 4.78 is 11.1. The van der Waals surface area contributed by atoms with Crippen molar-refractivity contribution in [2.45, 2.75) is 19.4 Å². The van der Waals surface area contributed by atoms with Gasteiger partial charge in [0, 0.05) is 18.7 Å². The van der Waals surface area contributed by atoms with E-state index in [1.54, 1.807) is 0 Å². The molecule has 3 rings (SSSR count). The fourth-order valence-electron chi connectivity index (χ4n) is 2.87. The third kappa shape index (κ3) is 3.19. The van der Waals surface area contributed by atoms with Crippen LogP contribution in [-0.4, -0.2) is 25.3 Å². The molecule has 0 bridgehead atoms. The van der Waals surface area contributed by atoms with E-state index in [-0.39, 0.29) is 0 Å². The number of ether oxygens (including phenoxy) is 2. The van der Waals surface area contributed by atoms with Crippen LogP contribution in [0.5, 0.6) is 11.5 Å². The minimum atomic E-state index is 0.332. The molecule has 0 saturated carbocycles. The zero-order valence-corrected chi connectivity index (χ0v) is 12.6. The first-order valence-electron chi connectivity index (χ1n) is 7.35. The van der Waals surface area contributed by atoms with Gasteiger partial charge in [-0.2, -0.15) is 0 Å². The van der Waals surface area contributed by atoms with Crippen molar-refractivity contribution < 1.29 is 9.47 Å². The summed E-state index contributed by atoms with van der Waals surface area (Å²) >= 11 is 0. The lowest BCUT2D eigenvalue weighted by atomic mass is 9.99. The van der Waals surface area contributed by atoms with Crippen LogP contribution in [0.25, 0.3) is 0 Å². The molecule has 2 aromatic rings. The summed E-state index contributed by atoms with van der Waals surface area (Å²) in [6, 6.07) is 16.7. The maximum absolute atomic E-state index is 5.61. The van der Waals surface area contributed by atoms with Crippen molar-refractivity contribution in [3.8, 4) is 11.5 Å². The van der Waals surface area contributed by atoms with Crippen LogP contribution in [0.2, 0.25) is 0 Å². The lowest BCUT2D eigenvalue weighted by Gasteiger charge is -2.22. The summed E-state index contributed by atoms with van der Waals surface area (Å²) in [5.74, 6) is 2.18. The number of para-hydroxylation sites is 1. The molecular formula is C18H21NO2. The molecule has 21 heavy (non-hydrogen) atoms. The Morgan fingerprint density at radius 1 is 1.05 bits per heavy atom. The molecular weight excluding hydrogens is 262 g/mol. The normalized spacial score (nSPS) is 14.4. The van der Waals surface area contributed by atoms with E-state index in [9.17, 15) is 0 Å². The van der Waals surface area contributed by atoms with Crippen molar-refractivity contribution in [1.82, 2.24) is 4.90 Å². The third-order valence-electron chi connectivity index (χ3n) is 3.84. The molecule has 0 aromatic heterocycles. The molecule has 0 N–H and O–H groups in total. The molecule has 1 aliphatic rings. The molecule has 3 heteroatoms. The van der Waals surface area contributed by atoms with Crippen molar-refractivity contribution in [3.63, 3.8) is 0 Å². The monoisotopic (exact) mass is 283 g/mol. The van der Waals surface area contributed by atoms with E-state index in [0.29, 0.717) is 12.7 Å². The zero-order chi connectivity index (χ0) is 14.7. The van der Waals surface area contributed by atoms with Gasteiger partial charge in [-0.15, -0.1) is 0 Å². The molecule has 1 heterocycles. The van der Waals surface area contributed by atoms with E-state index in [0.717, 1.165) is 24.6 Å². The second kappa shape index (κ2) is 6.19. The van der Waals surface area contributed by atoms with Crippen LogP contribution in [0, 0.1) is 0 Å². The maximum Gasteiger partial charge on any atom is 0.231 e. The van der Waals surface area contributed by atoms with Crippen LogP contribution in [0.3, 0.4) is 0 Å². The minimum absolute atomic E-state index is 0.332. The summed E-state index contributed by atoms with van der Waals surface area (Å²) in [6.45, 7) is 4.50. The average Bonchev–Trinajstić information content (AvgIpc) is 2.96. The molecule has 1 unspecified atom stereocenters. The molecule has 110 valence electrons. The molecule has 3 nitrogen and oxygen atoms in total. The average molecular weight is 283 g/mol. The number of likely N-dealkylation sites (N-methyl/N-ethyl adjacent to an activating group) is 1. The summed E-state index contributed by atoms with van der Waals surface area (Å²) in [5, 5.41) is 0. The molecule has 0 aliphatic carbocycles. The molecule has 1 aliphatic heterocycles. The van der Waals surface area contributed by atoms with Gasteiger partial charge in [0.25, 0.3) is 0 Å². The van der Waals surface area contributed by atoms with E-state index in [1.165, 1.54) is 11.1 Å². The predicted octanol–water partition coefficient (Wildman–Crippen LogP) is 3.65. The van der Waals surface area contributed by atoms with Gasteiger partial charge in [-0.05, 0) is 24.6 Å². The van der Waals surface area contributed by atoms with Crippen LogP contribution < -0.4 is 9.47 Å². The van der Waals surface area contributed by atoms with Crippen LogP contribution in [-0.2, 0) is 6.54 Å². The maximum atomic E-state index is 5.61. The molecule has 1 atom stereocenters. The molecule has 2 aromatic carbocycles. The standard InChI is InChI=1S/C18H21NO2/c1-14(11-19(2)12-15-7-4-3-5-8-15)16-9-6-10-17-18(16)21-13-20-17/h3-10,14H,11-13H2,1-2H3. The van der Waals surface area contributed by atoms with Crippen LogP contribution >= 0.6 is 0 Å². The predicted molar refractivity (Wildman–Crippen MR) is 83.8 cm³/mol. The van der Waals surface area contributed by atoms with E-state index >= 15 is 0 Å². The highest BCUT2D eigenvalue weighted by Gasteiger charge is 2.21. The van der Waals surface area contributed by atoms with Gasteiger partial charge in [-0.3, -0.25) is 0 Å². The first-order chi connectivity index (χ1) is 10.2. The largest absolute Gasteiger partial charge is 0.454 e. The Balaban J connectivity index is 1.66. The Morgan fingerprint density at radius 2 is 1.86 bits per heavy atom. The highest BCUT2D eigenvalue weighted by atomic mass is 16.7. The number of benzene rings is 2. The van der Waals surface area contributed by atoms with Gasteiger partial charge in [-0.1, -0.05) is 49.4 Å². The van der Waals surface area contributed by atoms with E-state index in [1.807, 2.05) is 12.1 Å². The molecule has 0 fully saturated rings. The smallest absolute Gasteiger partial charge is 0.231 e. The van der Waals surface area contributed by atoms with E-state index in [4.69, 9.17) is 9.47 Å². The Morgan fingerprint density at radius 3 is 2.67 bits per heavy atom. The van der Waals surface area contributed by atoms with Crippen molar-refractivity contribution in [3.05, 3.63) is 59.7 Å². The molecule has 0 saturated heterocycles. The Kier molecular flexibility index (Phi) is 4.11. The van der Waals surface area contributed by atoms with Crippen molar-refractivity contribution >= 4 is 0 Å². The quantitative estimate of drug-likeness (QED) is 0.836. The third-order valence-corrected chi connectivity index (χ3v) is 3.84. The number of rotatable bonds is 5. The zero-order valence-electron chi connectivity index (χ0n) is 12.6. The second-order valence-corrected chi connectivity index (χ2v) is 5.66. The first-order valence-corrected chi connectivity index (χ1v) is 7.35. The highest BCUT2D eigenvalue weighted by molar-refractivity contribution is 5.49. The SMILES string of the molecule is CC(CN(C)Cc1ccccc1)c1cccc2c1OCO2. The minimum Gasteiger partial charge on any atom is -0.454 e. The second-order valence-electron chi connectivity index (χ2n) is 5.66. The Labute approximate surface area is 126 Å². The first kappa shape index (κ1) is 14.0. The molecule has 0 radical (unpaired) electrons. The van der Waals surface area contributed by atoms with E-state index in [2.05, 4.69) is 55.3 Å². The Bertz CT molecular complexity index is 597. The van der Waals surface area contributed by atoms with Crippen molar-refractivity contribution in [2.75, 3.05) is 20.4 Å². The van der Waals surface area contributed by atoms with E-state index < -0.39 is 0 Å². The number of nitrogens with zero attached hydrogens (tertiary/aromatic N) is 1.